The van der Waals surface area contributed by atoms with E-state index in [9.17, 15) is 0 Å². The molecule has 2 N–H and O–H groups in total. The standard InChI is InChI=1S/C17H30N2/c1-12(2)14-7-9-15(10-8-14)17(19(5)6)16(11-18)13(3)4/h7-10,12-13,16-17H,11,18H2,1-6H3. The zero-order chi connectivity index (χ0) is 14.6. The second-order valence-corrected chi connectivity index (χ2v) is 6.37. The molecule has 0 radical (unpaired) electrons. The van der Waals surface area contributed by atoms with Crippen molar-refractivity contribution in [2.75, 3.05) is 20.6 Å². The van der Waals surface area contributed by atoms with Gasteiger partial charge in [-0.05, 0) is 49.5 Å². The Morgan fingerprint density at radius 2 is 1.42 bits per heavy atom. The molecule has 1 aromatic carbocycles. The Morgan fingerprint density at radius 1 is 0.947 bits per heavy atom. The third-order valence-corrected chi connectivity index (χ3v) is 4.04. The van der Waals surface area contributed by atoms with Gasteiger partial charge in [0.25, 0.3) is 0 Å². The second-order valence-electron chi connectivity index (χ2n) is 6.37. The predicted octanol–water partition coefficient (Wildman–Crippen LogP) is 3.64. The second kappa shape index (κ2) is 7.06. The van der Waals surface area contributed by atoms with E-state index < -0.39 is 0 Å². The Kier molecular flexibility index (Phi) is 6.02. The van der Waals surface area contributed by atoms with Gasteiger partial charge in [0.05, 0.1) is 0 Å². The van der Waals surface area contributed by atoms with E-state index in [1.54, 1.807) is 0 Å². The number of hydrogen-bond acceptors (Lipinski definition) is 2. The van der Waals surface area contributed by atoms with Crippen LogP contribution < -0.4 is 5.73 Å². The lowest BCUT2D eigenvalue weighted by molar-refractivity contribution is 0.175. The molecule has 0 amide bonds. The maximum Gasteiger partial charge on any atom is 0.0384 e. The van der Waals surface area contributed by atoms with E-state index in [0.29, 0.717) is 23.8 Å². The van der Waals surface area contributed by atoms with E-state index >= 15 is 0 Å². The lowest BCUT2D eigenvalue weighted by Crippen LogP contribution is -2.35. The van der Waals surface area contributed by atoms with Crippen molar-refractivity contribution >= 4 is 0 Å². The highest BCUT2D eigenvalue weighted by atomic mass is 15.1. The Labute approximate surface area is 119 Å². The summed E-state index contributed by atoms with van der Waals surface area (Å²) in [7, 11) is 4.29. The maximum atomic E-state index is 6.00. The molecule has 0 spiro atoms. The molecule has 0 heterocycles. The molecule has 1 rings (SSSR count). The average molecular weight is 262 g/mol. The number of benzene rings is 1. The fraction of sp³-hybridized carbons (Fsp3) is 0.647. The van der Waals surface area contributed by atoms with Crippen LogP contribution in [0.25, 0.3) is 0 Å². The largest absolute Gasteiger partial charge is 0.330 e. The summed E-state index contributed by atoms with van der Waals surface area (Å²) in [4.78, 5) is 2.29. The Bertz CT molecular complexity index is 365. The van der Waals surface area contributed by atoms with E-state index in [1.807, 2.05) is 0 Å². The fourth-order valence-electron chi connectivity index (χ4n) is 2.77. The van der Waals surface area contributed by atoms with Crippen LogP contribution in [0.5, 0.6) is 0 Å². The van der Waals surface area contributed by atoms with Crippen molar-refractivity contribution in [3.05, 3.63) is 35.4 Å². The highest BCUT2D eigenvalue weighted by Gasteiger charge is 2.26. The minimum atomic E-state index is 0.395. The van der Waals surface area contributed by atoms with Crippen molar-refractivity contribution in [1.82, 2.24) is 4.90 Å². The van der Waals surface area contributed by atoms with E-state index in [-0.39, 0.29) is 0 Å². The number of nitrogens with zero attached hydrogens (tertiary/aromatic N) is 1. The van der Waals surface area contributed by atoms with E-state index in [0.717, 1.165) is 6.54 Å². The third-order valence-electron chi connectivity index (χ3n) is 4.04. The van der Waals surface area contributed by atoms with Gasteiger partial charge in [0.2, 0.25) is 0 Å². The molecule has 0 saturated carbocycles. The summed E-state index contributed by atoms with van der Waals surface area (Å²) >= 11 is 0. The Hall–Kier alpha value is -0.860. The van der Waals surface area contributed by atoms with E-state index in [2.05, 4.69) is 71.0 Å². The molecule has 2 unspecified atom stereocenters. The van der Waals surface area contributed by atoms with E-state index in [4.69, 9.17) is 5.73 Å². The van der Waals surface area contributed by atoms with Gasteiger partial charge < -0.3 is 10.6 Å². The summed E-state index contributed by atoms with van der Waals surface area (Å²) in [5.41, 5.74) is 8.77. The molecule has 108 valence electrons. The number of hydrogen-bond donors (Lipinski definition) is 1. The first-order chi connectivity index (χ1) is 8.88. The van der Waals surface area contributed by atoms with Crippen LogP contribution in [0.4, 0.5) is 0 Å². The van der Waals surface area contributed by atoms with Crippen LogP contribution in [0, 0.1) is 11.8 Å². The lowest BCUT2D eigenvalue weighted by Gasteiger charge is -2.34. The summed E-state index contributed by atoms with van der Waals surface area (Å²) in [6.45, 7) is 9.71. The van der Waals surface area contributed by atoms with Crippen molar-refractivity contribution < 1.29 is 0 Å². The highest BCUT2D eigenvalue weighted by molar-refractivity contribution is 5.27. The summed E-state index contributed by atoms with van der Waals surface area (Å²) in [5, 5.41) is 0. The van der Waals surface area contributed by atoms with Crippen LogP contribution in [0.15, 0.2) is 24.3 Å². The van der Waals surface area contributed by atoms with Crippen LogP contribution in [-0.2, 0) is 0 Å². The zero-order valence-electron chi connectivity index (χ0n) is 13.4. The Balaban J connectivity index is 3.05. The van der Waals surface area contributed by atoms with Gasteiger partial charge in [-0.1, -0.05) is 52.0 Å². The molecule has 1 aromatic rings. The summed E-state index contributed by atoms with van der Waals surface area (Å²) in [6, 6.07) is 9.44. The fourth-order valence-corrected chi connectivity index (χ4v) is 2.77. The predicted molar refractivity (Wildman–Crippen MR) is 84.3 cm³/mol. The van der Waals surface area contributed by atoms with Gasteiger partial charge in [0, 0.05) is 6.04 Å². The normalized spacial score (nSPS) is 15.3. The van der Waals surface area contributed by atoms with Crippen molar-refractivity contribution in [3.63, 3.8) is 0 Å². The molecule has 0 saturated heterocycles. The molecule has 2 atom stereocenters. The molecule has 19 heavy (non-hydrogen) atoms. The first-order valence-electron chi connectivity index (χ1n) is 7.34. The van der Waals surface area contributed by atoms with Crippen LogP contribution in [0.3, 0.4) is 0 Å². The lowest BCUT2D eigenvalue weighted by atomic mass is 9.83. The van der Waals surface area contributed by atoms with Crippen molar-refractivity contribution in [2.45, 2.75) is 39.7 Å². The number of nitrogens with two attached hydrogens (primary N) is 1. The highest BCUT2D eigenvalue weighted by Crippen LogP contribution is 2.32. The molecular weight excluding hydrogens is 232 g/mol. The molecule has 0 aliphatic carbocycles. The molecule has 0 aliphatic heterocycles. The van der Waals surface area contributed by atoms with Crippen LogP contribution in [0.2, 0.25) is 0 Å². The summed E-state index contributed by atoms with van der Waals surface area (Å²) in [5.74, 6) is 1.66. The van der Waals surface area contributed by atoms with Gasteiger partial charge in [0.15, 0.2) is 0 Å². The van der Waals surface area contributed by atoms with Crippen LogP contribution >= 0.6 is 0 Å². The molecule has 2 heteroatoms. The average Bonchev–Trinajstić information content (AvgIpc) is 2.34. The molecular formula is C17H30N2. The van der Waals surface area contributed by atoms with Crippen molar-refractivity contribution in [2.24, 2.45) is 17.6 Å². The minimum absolute atomic E-state index is 0.395. The quantitative estimate of drug-likeness (QED) is 0.848. The molecule has 0 fully saturated rings. The van der Waals surface area contributed by atoms with Crippen LogP contribution in [-0.4, -0.2) is 25.5 Å². The van der Waals surface area contributed by atoms with Gasteiger partial charge in [0.1, 0.15) is 0 Å². The van der Waals surface area contributed by atoms with Gasteiger partial charge in [-0.15, -0.1) is 0 Å². The summed E-state index contributed by atoms with van der Waals surface area (Å²) in [6.07, 6.45) is 0. The monoisotopic (exact) mass is 262 g/mol. The van der Waals surface area contributed by atoms with Gasteiger partial charge in [-0.25, -0.2) is 0 Å². The summed E-state index contributed by atoms with van der Waals surface area (Å²) < 4.78 is 0. The first kappa shape index (κ1) is 16.2. The molecule has 0 bridgehead atoms. The van der Waals surface area contributed by atoms with Gasteiger partial charge in [-0.2, -0.15) is 0 Å². The SMILES string of the molecule is CC(C)c1ccc(C(C(CN)C(C)C)N(C)C)cc1. The smallest absolute Gasteiger partial charge is 0.0384 e. The maximum absolute atomic E-state index is 6.00. The zero-order valence-corrected chi connectivity index (χ0v) is 13.4. The molecule has 0 aliphatic rings. The van der Waals surface area contributed by atoms with Gasteiger partial charge in [-0.3, -0.25) is 0 Å². The van der Waals surface area contributed by atoms with Crippen LogP contribution in [0.1, 0.15) is 50.8 Å². The van der Waals surface area contributed by atoms with Crippen molar-refractivity contribution in [1.29, 1.82) is 0 Å². The van der Waals surface area contributed by atoms with Crippen molar-refractivity contribution in [3.8, 4) is 0 Å². The molecule has 0 aromatic heterocycles. The van der Waals surface area contributed by atoms with Gasteiger partial charge >= 0.3 is 0 Å². The third kappa shape index (κ3) is 4.05. The number of rotatable bonds is 6. The minimum Gasteiger partial charge on any atom is -0.330 e. The van der Waals surface area contributed by atoms with E-state index in [1.165, 1.54) is 11.1 Å². The molecule has 2 nitrogen and oxygen atoms in total. The first-order valence-corrected chi connectivity index (χ1v) is 7.34. The Morgan fingerprint density at radius 3 is 1.74 bits per heavy atom. The topological polar surface area (TPSA) is 29.3 Å².